The van der Waals surface area contributed by atoms with E-state index in [2.05, 4.69) is 4.74 Å². The van der Waals surface area contributed by atoms with Gasteiger partial charge in [-0.25, -0.2) is 0 Å². The lowest BCUT2D eigenvalue weighted by atomic mass is 10.0. The molecule has 0 unspecified atom stereocenters. The molecule has 1 aromatic rings. The molecule has 0 aliphatic carbocycles. The maximum atomic E-state index is 11.9. The Morgan fingerprint density at radius 3 is 2.67 bits per heavy atom. The summed E-state index contributed by atoms with van der Waals surface area (Å²) in [5.74, 6) is -0.122. The van der Waals surface area contributed by atoms with E-state index in [1.54, 1.807) is 6.92 Å². The highest BCUT2D eigenvalue weighted by molar-refractivity contribution is 5.80. The van der Waals surface area contributed by atoms with Gasteiger partial charge in [-0.1, -0.05) is 0 Å². The molecule has 0 saturated carbocycles. The number of benzene rings is 1. The highest BCUT2D eigenvalue weighted by atomic mass is 19.3. The summed E-state index contributed by atoms with van der Waals surface area (Å²) in [5, 5.41) is 8.71. The van der Waals surface area contributed by atoms with Gasteiger partial charge in [-0.15, -0.1) is 0 Å². The van der Waals surface area contributed by atoms with Gasteiger partial charge in [0.1, 0.15) is 11.8 Å². The Morgan fingerprint density at radius 1 is 1.53 bits per heavy atom. The molecule has 0 heterocycles. The molecule has 0 aliphatic heterocycles. The minimum atomic E-state index is -2.95. The van der Waals surface area contributed by atoms with E-state index in [4.69, 9.17) is 5.26 Å². The second-order valence-corrected chi connectivity index (χ2v) is 2.81. The molecule has 1 aromatic carbocycles. The Bertz CT molecular complexity index is 424. The number of halogens is 2. The lowest BCUT2D eigenvalue weighted by molar-refractivity contribution is -0.0499. The van der Waals surface area contributed by atoms with Crippen LogP contribution in [-0.4, -0.2) is 12.9 Å². The van der Waals surface area contributed by atoms with Crippen molar-refractivity contribution in [1.29, 1.82) is 5.26 Å². The van der Waals surface area contributed by atoms with E-state index in [1.807, 2.05) is 6.07 Å². The van der Waals surface area contributed by atoms with Gasteiger partial charge in [0.25, 0.3) is 0 Å². The number of aldehydes is 1. The van der Waals surface area contributed by atoms with E-state index in [0.29, 0.717) is 11.8 Å². The van der Waals surface area contributed by atoms with Gasteiger partial charge < -0.3 is 4.74 Å². The third-order valence-corrected chi connectivity index (χ3v) is 1.80. The van der Waals surface area contributed by atoms with Crippen molar-refractivity contribution < 1.29 is 18.3 Å². The zero-order valence-corrected chi connectivity index (χ0v) is 7.83. The zero-order valence-electron chi connectivity index (χ0n) is 7.83. The van der Waals surface area contributed by atoms with E-state index < -0.39 is 6.61 Å². The largest absolute Gasteiger partial charge is 0.435 e. The van der Waals surface area contributed by atoms with Crippen molar-refractivity contribution in [2.75, 3.05) is 0 Å². The van der Waals surface area contributed by atoms with Crippen molar-refractivity contribution in [1.82, 2.24) is 0 Å². The predicted molar refractivity (Wildman–Crippen MR) is 47.9 cm³/mol. The van der Waals surface area contributed by atoms with Crippen LogP contribution in [-0.2, 0) is 0 Å². The average molecular weight is 211 g/mol. The van der Waals surface area contributed by atoms with Crippen LogP contribution in [0.3, 0.4) is 0 Å². The first-order valence-corrected chi connectivity index (χ1v) is 4.03. The summed E-state index contributed by atoms with van der Waals surface area (Å²) in [6.07, 6.45) is 0.434. The van der Waals surface area contributed by atoms with Gasteiger partial charge in [0.15, 0.2) is 6.29 Å². The quantitative estimate of drug-likeness (QED) is 0.720. The standard InChI is InChI=1S/C10H7F2NO2/c1-6-2-8(15-10(11)12)3-7(5-14)9(6)4-13/h2-3,5,10H,1H3. The molecule has 0 atom stereocenters. The number of hydrogen-bond donors (Lipinski definition) is 0. The molecule has 5 heteroatoms. The van der Waals surface area contributed by atoms with E-state index >= 15 is 0 Å². The summed E-state index contributed by atoms with van der Waals surface area (Å²) >= 11 is 0. The summed E-state index contributed by atoms with van der Waals surface area (Å²) in [7, 11) is 0. The van der Waals surface area contributed by atoms with Gasteiger partial charge in [0, 0.05) is 5.56 Å². The van der Waals surface area contributed by atoms with Gasteiger partial charge in [-0.3, -0.25) is 4.79 Å². The molecule has 0 aromatic heterocycles. The van der Waals surface area contributed by atoms with Crippen LogP contribution in [0.1, 0.15) is 21.5 Å². The molecular formula is C10H7F2NO2. The van der Waals surface area contributed by atoms with Crippen LogP contribution in [0.5, 0.6) is 5.75 Å². The highest BCUT2D eigenvalue weighted by Crippen LogP contribution is 2.22. The number of rotatable bonds is 3. The van der Waals surface area contributed by atoms with Crippen molar-refractivity contribution in [3.8, 4) is 11.8 Å². The monoisotopic (exact) mass is 211 g/mol. The second kappa shape index (κ2) is 4.51. The number of ether oxygens (including phenoxy) is 1. The SMILES string of the molecule is Cc1cc(OC(F)F)cc(C=O)c1C#N. The van der Waals surface area contributed by atoms with Crippen LogP contribution >= 0.6 is 0 Å². The third-order valence-electron chi connectivity index (χ3n) is 1.80. The average Bonchev–Trinajstić information content (AvgIpc) is 2.15. The lowest BCUT2D eigenvalue weighted by Gasteiger charge is -2.07. The Morgan fingerprint density at radius 2 is 2.20 bits per heavy atom. The second-order valence-electron chi connectivity index (χ2n) is 2.81. The van der Waals surface area contributed by atoms with Gasteiger partial charge in [-0.2, -0.15) is 14.0 Å². The van der Waals surface area contributed by atoms with Crippen molar-refractivity contribution in [3.05, 3.63) is 28.8 Å². The van der Waals surface area contributed by atoms with Crippen LogP contribution in [0.25, 0.3) is 0 Å². The van der Waals surface area contributed by atoms with Crippen molar-refractivity contribution in [2.24, 2.45) is 0 Å². The first-order chi connectivity index (χ1) is 7.08. The Hall–Kier alpha value is -1.96. The first-order valence-electron chi connectivity index (χ1n) is 4.03. The van der Waals surface area contributed by atoms with Gasteiger partial charge in [0.2, 0.25) is 0 Å². The molecule has 15 heavy (non-hydrogen) atoms. The van der Waals surface area contributed by atoms with Gasteiger partial charge in [-0.05, 0) is 24.6 Å². The molecule has 0 aliphatic rings. The van der Waals surface area contributed by atoms with Crippen molar-refractivity contribution >= 4 is 6.29 Å². The van der Waals surface area contributed by atoms with Crippen LogP contribution in [0.15, 0.2) is 12.1 Å². The predicted octanol–water partition coefficient (Wildman–Crippen LogP) is 2.28. The molecule has 3 nitrogen and oxygen atoms in total. The molecule has 0 fully saturated rings. The van der Waals surface area contributed by atoms with E-state index in [1.165, 1.54) is 6.07 Å². The zero-order chi connectivity index (χ0) is 11.4. The summed E-state index contributed by atoms with van der Waals surface area (Å²) in [4.78, 5) is 10.6. The first kappa shape index (κ1) is 11.1. The fraction of sp³-hybridized carbons (Fsp3) is 0.200. The Balaban J connectivity index is 3.21. The molecule has 78 valence electrons. The lowest BCUT2D eigenvalue weighted by Crippen LogP contribution is -2.03. The van der Waals surface area contributed by atoms with Crippen LogP contribution in [0.4, 0.5) is 8.78 Å². The number of alkyl halides is 2. The van der Waals surface area contributed by atoms with Gasteiger partial charge in [0.05, 0.1) is 5.56 Å². The molecule has 0 amide bonds. The molecular weight excluding hydrogens is 204 g/mol. The minimum Gasteiger partial charge on any atom is -0.435 e. The molecule has 0 bridgehead atoms. The third kappa shape index (κ3) is 2.50. The minimum absolute atomic E-state index is 0.0492. The summed E-state index contributed by atoms with van der Waals surface area (Å²) in [5.41, 5.74) is 0.650. The summed E-state index contributed by atoms with van der Waals surface area (Å²) < 4.78 is 27.9. The van der Waals surface area contributed by atoms with Crippen LogP contribution in [0.2, 0.25) is 0 Å². The number of aryl methyl sites for hydroxylation is 1. The molecule has 0 radical (unpaired) electrons. The van der Waals surface area contributed by atoms with Gasteiger partial charge >= 0.3 is 6.61 Å². The van der Waals surface area contributed by atoms with E-state index in [0.717, 1.165) is 6.07 Å². The maximum absolute atomic E-state index is 11.9. The number of nitrogens with zero attached hydrogens (tertiary/aromatic N) is 1. The Kier molecular flexibility index (Phi) is 3.34. The molecule has 0 saturated heterocycles. The van der Waals surface area contributed by atoms with Crippen LogP contribution < -0.4 is 4.74 Å². The van der Waals surface area contributed by atoms with E-state index in [-0.39, 0.29) is 16.9 Å². The number of hydrogen-bond acceptors (Lipinski definition) is 3. The fourth-order valence-corrected chi connectivity index (χ4v) is 1.20. The number of carbonyl (C=O) groups excluding carboxylic acids is 1. The normalized spacial score (nSPS) is 9.80. The van der Waals surface area contributed by atoms with Crippen LogP contribution in [0, 0.1) is 18.3 Å². The van der Waals surface area contributed by atoms with Crippen molar-refractivity contribution in [3.63, 3.8) is 0 Å². The van der Waals surface area contributed by atoms with E-state index in [9.17, 15) is 13.6 Å². The molecule has 0 spiro atoms. The maximum Gasteiger partial charge on any atom is 0.387 e. The number of carbonyl (C=O) groups is 1. The van der Waals surface area contributed by atoms with Crippen molar-refractivity contribution in [2.45, 2.75) is 13.5 Å². The highest BCUT2D eigenvalue weighted by Gasteiger charge is 2.10. The Labute approximate surface area is 84.9 Å². The topological polar surface area (TPSA) is 50.1 Å². The number of nitriles is 1. The smallest absolute Gasteiger partial charge is 0.387 e. The molecule has 1 rings (SSSR count). The summed E-state index contributed by atoms with van der Waals surface area (Å²) in [6.45, 7) is -1.40. The fourth-order valence-electron chi connectivity index (χ4n) is 1.20. The molecule has 0 N–H and O–H groups in total. The summed E-state index contributed by atoms with van der Waals surface area (Å²) in [6, 6.07) is 4.23.